The van der Waals surface area contributed by atoms with Crippen molar-refractivity contribution in [2.24, 2.45) is 0 Å². The summed E-state index contributed by atoms with van der Waals surface area (Å²) in [5, 5.41) is 0. The van der Waals surface area contributed by atoms with Gasteiger partial charge in [0.05, 0.1) is 6.10 Å². The molecule has 0 saturated carbocycles. The van der Waals surface area contributed by atoms with Gasteiger partial charge in [-0.25, -0.2) is 0 Å². The molecule has 0 aliphatic heterocycles. The van der Waals surface area contributed by atoms with E-state index >= 15 is 0 Å². The molecule has 1 rings (SSSR count). The van der Waals surface area contributed by atoms with Gasteiger partial charge in [0.25, 0.3) is 0 Å². The number of benzene rings is 1. The fourth-order valence-corrected chi connectivity index (χ4v) is 1.93. The second-order valence-electron chi connectivity index (χ2n) is 4.04. The quantitative estimate of drug-likeness (QED) is 0.695. The Bertz CT molecular complexity index is 281. The van der Waals surface area contributed by atoms with E-state index in [1.165, 1.54) is 11.1 Å². The highest BCUT2D eigenvalue weighted by molar-refractivity contribution is 6.18. The van der Waals surface area contributed by atoms with Gasteiger partial charge in [-0.15, -0.1) is 11.6 Å². The average Bonchev–Trinajstić information content (AvgIpc) is 2.27. The van der Waals surface area contributed by atoms with E-state index in [9.17, 15) is 0 Å². The van der Waals surface area contributed by atoms with E-state index in [2.05, 4.69) is 38.1 Å². The second-order valence-corrected chi connectivity index (χ2v) is 4.35. The van der Waals surface area contributed by atoms with Gasteiger partial charge in [0.15, 0.2) is 0 Å². The lowest BCUT2D eigenvalue weighted by Gasteiger charge is -2.18. The Kier molecular flexibility index (Phi) is 5.13. The molecule has 1 nitrogen and oxygen atoms in total. The zero-order chi connectivity index (χ0) is 11.3. The molecule has 0 spiro atoms. The van der Waals surface area contributed by atoms with Crippen LogP contribution in [0.25, 0.3) is 0 Å². The van der Waals surface area contributed by atoms with Crippen LogP contribution in [0.3, 0.4) is 0 Å². The van der Waals surface area contributed by atoms with Crippen LogP contribution >= 0.6 is 11.6 Å². The van der Waals surface area contributed by atoms with Crippen molar-refractivity contribution >= 4 is 11.6 Å². The number of alkyl halides is 1. The van der Waals surface area contributed by atoms with Crippen LogP contribution in [0.4, 0.5) is 0 Å². The Hall–Kier alpha value is -0.530. The highest BCUT2D eigenvalue weighted by atomic mass is 35.5. The van der Waals surface area contributed by atoms with Gasteiger partial charge in [-0.2, -0.15) is 0 Å². The number of methoxy groups -OCH3 is 1. The SMILES string of the molecule is COC(C)CC(CCl)c1ccc(C)cc1. The largest absolute Gasteiger partial charge is 0.382 e. The molecular formula is C13H19ClO. The van der Waals surface area contributed by atoms with E-state index in [-0.39, 0.29) is 6.10 Å². The molecule has 0 saturated heterocycles. The van der Waals surface area contributed by atoms with Crippen LogP contribution in [0.5, 0.6) is 0 Å². The van der Waals surface area contributed by atoms with E-state index in [0.717, 1.165) is 6.42 Å². The van der Waals surface area contributed by atoms with Gasteiger partial charge in [0.2, 0.25) is 0 Å². The van der Waals surface area contributed by atoms with Crippen LogP contribution in [0.1, 0.15) is 30.4 Å². The first-order chi connectivity index (χ1) is 7.17. The molecule has 0 fully saturated rings. The zero-order valence-corrected chi connectivity index (χ0v) is 10.4. The Morgan fingerprint density at radius 2 is 1.87 bits per heavy atom. The van der Waals surface area contributed by atoms with Crippen LogP contribution in [0, 0.1) is 6.92 Å². The second kappa shape index (κ2) is 6.14. The summed E-state index contributed by atoms with van der Waals surface area (Å²) in [5.74, 6) is 1.04. The van der Waals surface area contributed by atoms with E-state index in [1.807, 2.05) is 0 Å². The summed E-state index contributed by atoms with van der Waals surface area (Å²) in [6, 6.07) is 8.58. The lowest BCUT2D eigenvalue weighted by Crippen LogP contribution is -2.12. The summed E-state index contributed by atoms with van der Waals surface area (Å²) in [7, 11) is 1.74. The van der Waals surface area contributed by atoms with Gasteiger partial charge in [0, 0.05) is 13.0 Å². The fourth-order valence-electron chi connectivity index (χ4n) is 1.62. The summed E-state index contributed by atoms with van der Waals surface area (Å²) in [4.78, 5) is 0. The van der Waals surface area contributed by atoms with Crippen LogP contribution in [0.15, 0.2) is 24.3 Å². The number of aryl methyl sites for hydroxylation is 1. The van der Waals surface area contributed by atoms with Crippen molar-refractivity contribution in [2.75, 3.05) is 13.0 Å². The molecule has 0 heterocycles. The predicted molar refractivity (Wildman–Crippen MR) is 65.7 cm³/mol. The monoisotopic (exact) mass is 226 g/mol. The normalized spacial score (nSPS) is 14.9. The maximum absolute atomic E-state index is 5.99. The molecule has 0 aromatic heterocycles. The number of hydrogen-bond acceptors (Lipinski definition) is 1. The predicted octanol–water partition coefficient (Wildman–Crippen LogP) is 3.74. The minimum atomic E-state index is 0.259. The Morgan fingerprint density at radius 3 is 2.33 bits per heavy atom. The summed E-state index contributed by atoms with van der Waals surface area (Å²) in [6.07, 6.45) is 1.23. The van der Waals surface area contributed by atoms with Crippen molar-refractivity contribution in [1.82, 2.24) is 0 Å². The van der Waals surface area contributed by atoms with E-state index < -0.39 is 0 Å². The van der Waals surface area contributed by atoms with Gasteiger partial charge in [-0.3, -0.25) is 0 Å². The van der Waals surface area contributed by atoms with Crippen molar-refractivity contribution in [3.05, 3.63) is 35.4 Å². The molecular weight excluding hydrogens is 208 g/mol. The number of ether oxygens (including phenoxy) is 1. The molecule has 2 unspecified atom stereocenters. The lowest BCUT2D eigenvalue weighted by atomic mass is 9.94. The number of hydrogen-bond donors (Lipinski definition) is 0. The minimum absolute atomic E-state index is 0.259. The minimum Gasteiger partial charge on any atom is -0.382 e. The molecule has 0 amide bonds. The summed E-state index contributed by atoms with van der Waals surface area (Å²) >= 11 is 5.99. The summed E-state index contributed by atoms with van der Waals surface area (Å²) < 4.78 is 5.27. The highest BCUT2D eigenvalue weighted by Crippen LogP contribution is 2.23. The molecule has 0 aliphatic carbocycles. The van der Waals surface area contributed by atoms with Gasteiger partial charge in [-0.05, 0) is 31.7 Å². The van der Waals surface area contributed by atoms with Crippen LogP contribution in [-0.4, -0.2) is 19.1 Å². The molecule has 15 heavy (non-hydrogen) atoms. The summed E-state index contributed by atoms with van der Waals surface area (Å²) in [5.41, 5.74) is 2.59. The van der Waals surface area contributed by atoms with Gasteiger partial charge in [0.1, 0.15) is 0 Å². The molecule has 0 bridgehead atoms. The third-order valence-corrected chi connectivity index (χ3v) is 3.13. The van der Waals surface area contributed by atoms with Crippen molar-refractivity contribution in [2.45, 2.75) is 32.3 Å². The molecule has 1 aromatic rings. The number of rotatable bonds is 5. The van der Waals surface area contributed by atoms with E-state index in [4.69, 9.17) is 16.3 Å². The van der Waals surface area contributed by atoms with Crippen LogP contribution in [0.2, 0.25) is 0 Å². The van der Waals surface area contributed by atoms with E-state index in [1.54, 1.807) is 7.11 Å². The first-order valence-electron chi connectivity index (χ1n) is 5.32. The molecule has 0 radical (unpaired) electrons. The maximum atomic E-state index is 5.99. The number of halogens is 1. The molecule has 2 heteroatoms. The first kappa shape index (κ1) is 12.5. The molecule has 0 aliphatic rings. The van der Waals surface area contributed by atoms with Gasteiger partial charge < -0.3 is 4.74 Å². The smallest absolute Gasteiger partial charge is 0.0549 e. The molecule has 84 valence electrons. The third-order valence-electron chi connectivity index (χ3n) is 2.75. The van der Waals surface area contributed by atoms with Crippen molar-refractivity contribution in [1.29, 1.82) is 0 Å². The molecule has 0 N–H and O–H groups in total. The van der Waals surface area contributed by atoms with Crippen LogP contribution in [-0.2, 0) is 4.74 Å². The topological polar surface area (TPSA) is 9.23 Å². The van der Waals surface area contributed by atoms with Crippen LogP contribution < -0.4 is 0 Å². The van der Waals surface area contributed by atoms with Crippen molar-refractivity contribution < 1.29 is 4.74 Å². The lowest BCUT2D eigenvalue weighted by molar-refractivity contribution is 0.106. The Labute approximate surface area is 97.4 Å². The maximum Gasteiger partial charge on any atom is 0.0549 e. The van der Waals surface area contributed by atoms with Crippen molar-refractivity contribution in [3.63, 3.8) is 0 Å². The molecule has 2 atom stereocenters. The average molecular weight is 227 g/mol. The van der Waals surface area contributed by atoms with Gasteiger partial charge in [-0.1, -0.05) is 29.8 Å². The first-order valence-corrected chi connectivity index (χ1v) is 5.86. The van der Waals surface area contributed by atoms with Gasteiger partial charge >= 0.3 is 0 Å². The fraction of sp³-hybridized carbons (Fsp3) is 0.538. The Morgan fingerprint density at radius 1 is 1.27 bits per heavy atom. The van der Waals surface area contributed by atoms with E-state index in [0.29, 0.717) is 11.8 Å². The zero-order valence-electron chi connectivity index (χ0n) is 9.66. The summed E-state index contributed by atoms with van der Waals surface area (Å²) in [6.45, 7) is 4.17. The molecule has 1 aromatic carbocycles. The standard InChI is InChI=1S/C13H19ClO/c1-10-4-6-12(7-5-10)13(9-14)8-11(2)15-3/h4-7,11,13H,8-9H2,1-3H3. The van der Waals surface area contributed by atoms with Crippen molar-refractivity contribution in [3.8, 4) is 0 Å². The third kappa shape index (κ3) is 3.84. The Balaban J connectivity index is 2.69. The highest BCUT2D eigenvalue weighted by Gasteiger charge is 2.13.